The number of rotatable bonds is 9. The maximum absolute atomic E-state index is 13.1. The fourth-order valence-electron chi connectivity index (χ4n) is 4.45. The number of ketones is 1. The van der Waals surface area contributed by atoms with E-state index in [0.29, 0.717) is 37.2 Å². The molecule has 2 rings (SSSR count). The van der Waals surface area contributed by atoms with Crippen LogP contribution in [0.3, 0.4) is 0 Å². The van der Waals surface area contributed by atoms with E-state index in [2.05, 4.69) is 0 Å². The largest absolute Gasteiger partial charge is 0.497 e. The molecule has 1 aliphatic rings. The van der Waals surface area contributed by atoms with E-state index in [4.69, 9.17) is 9.47 Å². The Balaban J connectivity index is 2.48. The lowest BCUT2D eigenvalue weighted by Gasteiger charge is -2.42. The smallest absolute Gasteiger partial charge is 0.326 e. The number of carbonyl (C=O) groups excluding carboxylic acids is 2. The van der Waals surface area contributed by atoms with Crippen molar-refractivity contribution in [2.45, 2.75) is 65.3 Å². The first-order valence-electron chi connectivity index (χ1n) is 10.9. The molecule has 31 heavy (non-hydrogen) atoms. The number of benzene rings is 1. The number of carboxylic acid groups (broad SMARTS) is 1. The van der Waals surface area contributed by atoms with Crippen LogP contribution in [0.2, 0.25) is 0 Å². The van der Waals surface area contributed by atoms with Gasteiger partial charge in [-0.25, -0.2) is 4.79 Å². The Bertz CT molecular complexity index is 818. The summed E-state index contributed by atoms with van der Waals surface area (Å²) in [6.07, 6.45) is 2.45. The van der Waals surface area contributed by atoms with Crippen LogP contribution in [0.4, 0.5) is 0 Å². The first kappa shape index (κ1) is 24.7. The number of piperidine rings is 1. The SMILES string of the molecule is CCC(c1cc(OC)ccc1OC)C1CCCN(C(=O)C(=O)C(C)(C)CC)C1C(=O)O. The monoisotopic (exact) mass is 433 g/mol. The summed E-state index contributed by atoms with van der Waals surface area (Å²) in [5, 5.41) is 10.1. The van der Waals surface area contributed by atoms with E-state index in [1.807, 2.05) is 26.0 Å². The van der Waals surface area contributed by atoms with Crippen LogP contribution >= 0.6 is 0 Å². The van der Waals surface area contributed by atoms with E-state index in [1.165, 1.54) is 4.90 Å². The fourth-order valence-corrected chi connectivity index (χ4v) is 4.45. The molecule has 1 aromatic rings. The minimum Gasteiger partial charge on any atom is -0.497 e. The van der Waals surface area contributed by atoms with Crippen molar-refractivity contribution in [3.63, 3.8) is 0 Å². The van der Waals surface area contributed by atoms with Crippen LogP contribution in [0.1, 0.15) is 64.9 Å². The molecule has 0 saturated carbocycles. The third-order valence-corrected chi connectivity index (χ3v) is 6.68. The molecule has 7 heteroatoms. The summed E-state index contributed by atoms with van der Waals surface area (Å²) in [6.45, 7) is 7.56. The molecule has 3 unspecified atom stereocenters. The van der Waals surface area contributed by atoms with Crippen LogP contribution in [0.5, 0.6) is 11.5 Å². The van der Waals surface area contributed by atoms with Gasteiger partial charge < -0.3 is 19.5 Å². The van der Waals surface area contributed by atoms with Gasteiger partial charge in [-0.1, -0.05) is 27.7 Å². The van der Waals surface area contributed by atoms with Gasteiger partial charge in [0.2, 0.25) is 5.78 Å². The number of amides is 1. The van der Waals surface area contributed by atoms with Crippen molar-refractivity contribution in [2.75, 3.05) is 20.8 Å². The van der Waals surface area contributed by atoms with Gasteiger partial charge in [0.05, 0.1) is 14.2 Å². The average Bonchev–Trinajstić information content (AvgIpc) is 2.78. The standard InChI is InChI=1S/C24H35NO6/c1-7-16(18-14-15(30-5)11-12-19(18)31-6)17-10-9-13-25(20(17)23(28)29)22(27)21(26)24(3,4)8-2/h11-12,14,16-17,20H,7-10,13H2,1-6H3,(H,28,29). The Morgan fingerprint density at radius 1 is 1.19 bits per heavy atom. The van der Waals surface area contributed by atoms with Crippen LogP contribution in [-0.2, 0) is 14.4 Å². The molecule has 1 aliphatic heterocycles. The molecule has 1 amide bonds. The van der Waals surface area contributed by atoms with Crippen molar-refractivity contribution < 1.29 is 29.0 Å². The van der Waals surface area contributed by atoms with Gasteiger partial charge in [0.1, 0.15) is 17.5 Å². The quantitative estimate of drug-likeness (QED) is 0.594. The first-order valence-corrected chi connectivity index (χ1v) is 10.9. The molecule has 0 aromatic heterocycles. The van der Waals surface area contributed by atoms with Crippen molar-refractivity contribution in [3.05, 3.63) is 23.8 Å². The minimum atomic E-state index is -1.08. The molecule has 1 heterocycles. The highest BCUT2D eigenvalue weighted by molar-refractivity contribution is 6.38. The second-order valence-electron chi connectivity index (χ2n) is 8.78. The van der Waals surface area contributed by atoms with E-state index in [-0.39, 0.29) is 18.4 Å². The Labute approximate surface area is 184 Å². The van der Waals surface area contributed by atoms with Crippen LogP contribution < -0.4 is 9.47 Å². The number of nitrogens with zero attached hydrogens (tertiary/aromatic N) is 1. The van der Waals surface area contributed by atoms with Crippen molar-refractivity contribution in [1.29, 1.82) is 0 Å². The van der Waals surface area contributed by atoms with Gasteiger partial charge in [-0.15, -0.1) is 0 Å². The van der Waals surface area contributed by atoms with Gasteiger partial charge in [-0.05, 0) is 55.7 Å². The molecular weight excluding hydrogens is 398 g/mol. The maximum atomic E-state index is 13.1. The third kappa shape index (κ3) is 5.02. The molecule has 0 aliphatic carbocycles. The van der Waals surface area contributed by atoms with Gasteiger partial charge in [0.25, 0.3) is 5.91 Å². The van der Waals surface area contributed by atoms with Gasteiger partial charge in [-0.2, -0.15) is 0 Å². The predicted molar refractivity (Wildman–Crippen MR) is 118 cm³/mol. The number of likely N-dealkylation sites (tertiary alicyclic amines) is 1. The zero-order valence-corrected chi connectivity index (χ0v) is 19.4. The summed E-state index contributed by atoms with van der Waals surface area (Å²) in [7, 11) is 3.16. The van der Waals surface area contributed by atoms with Crippen LogP contribution in [-0.4, -0.2) is 54.5 Å². The van der Waals surface area contributed by atoms with Crippen molar-refractivity contribution in [1.82, 2.24) is 4.90 Å². The Kier molecular flexibility index (Phi) is 8.09. The first-order chi connectivity index (χ1) is 14.6. The van der Waals surface area contributed by atoms with E-state index in [1.54, 1.807) is 34.1 Å². The Morgan fingerprint density at radius 3 is 2.39 bits per heavy atom. The van der Waals surface area contributed by atoms with Crippen LogP contribution in [0, 0.1) is 11.3 Å². The molecule has 1 saturated heterocycles. The van der Waals surface area contributed by atoms with Crippen LogP contribution in [0.25, 0.3) is 0 Å². The highest BCUT2D eigenvalue weighted by atomic mass is 16.5. The normalized spacial score (nSPS) is 20.1. The molecule has 172 valence electrons. The van der Waals surface area contributed by atoms with Crippen LogP contribution in [0.15, 0.2) is 18.2 Å². The number of Topliss-reactive ketones (excluding diaryl/α,β-unsaturated/α-hetero) is 1. The summed E-state index contributed by atoms with van der Waals surface area (Å²) in [5.74, 6) is -1.52. The lowest BCUT2D eigenvalue weighted by molar-refractivity contribution is -0.160. The Morgan fingerprint density at radius 2 is 1.87 bits per heavy atom. The highest BCUT2D eigenvalue weighted by Crippen LogP contribution is 2.43. The third-order valence-electron chi connectivity index (χ3n) is 6.68. The summed E-state index contributed by atoms with van der Waals surface area (Å²) < 4.78 is 10.9. The summed E-state index contributed by atoms with van der Waals surface area (Å²) in [4.78, 5) is 39.6. The number of methoxy groups -OCH3 is 2. The highest BCUT2D eigenvalue weighted by Gasteiger charge is 2.46. The number of hydrogen-bond donors (Lipinski definition) is 1. The predicted octanol–water partition coefficient (Wildman–Crippen LogP) is 3.89. The summed E-state index contributed by atoms with van der Waals surface area (Å²) >= 11 is 0. The number of carbonyl (C=O) groups is 3. The molecule has 0 spiro atoms. The topological polar surface area (TPSA) is 93.1 Å². The van der Waals surface area contributed by atoms with E-state index in [0.717, 1.165) is 5.56 Å². The zero-order chi connectivity index (χ0) is 23.3. The Hall–Kier alpha value is -2.57. The summed E-state index contributed by atoms with van der Waals surface area (Å²) in [6, 6.07) is 4.41. The second kappa shape index (κ2) is 10.2. The molecule has 1 N–H and O–H groups in total. The minimum absolute atomic E-state index is 0.170. The zero-order valence-electron chi connectivity index (χ0n) is 19.4. The lowest BCUT2D eigenvalue weighted by Crippen LogP contribution is -2.57. The van der Waals surface area contributed by atoms with Gasteiger partial charge >= 0.3 is 5.97 Å². The number of aliphatic carboxylic acids is 1. The molecule has 0 radical (unpaired) electrons. The number of ether oxygens (including phenoxy) is 2. The van der Waals surface area contributed by atoms with E-state index < -0.39 is 29.1 Å². The fraction of sp³-hybridized carbons (Fsp3) is 0.625. The summed E-state index contributed by atoms with van der Waals surface area (Å²) in [5.41, 5.74) is 0.0305. The van der Waals surface area contributed by atoms with Gasteiger partial charge in [0.15, 0.2) is 0 Å². The van der Waals surface area contributed by atoms with E-state index in [9.17, 15) is 19.5 Å². The number of hydrogen-bond acceptors (Lipinski definition) is 5. The van der Waals surface area contributed by atoms with Crippen molar-refractivity contribution in [2.24, 2.45) is 11.3 Å². The number of carboxylic acids is 1. The van der Waals surface area contributed by atoms with Crippen molar-refractivity contribution >= 4 is 17.7 Å². The van der Waals surface area contributed by atoms with Gasteiger partial charge in [0, 0.05) is 17.5 Å². The van der Waals surface area contributed by atoms with Gasteiger partial charge in [-0.3, -0.25) is 9.59 Å². The molecule has 1 fully saturated rings. The molecular formula is C24H35NO6. The molecule has 7 nitrogen and oxygen atoms in total. The van der Waals surface area contributed by atoms with Crippen molar-refractivity contribution in [3.8, 4) is 11.5 Å². The second-order valence-corrected chi connectivity index (χ2v) is 8.78. The molecule has 0 bridgehead atoms. The molecule has 3 atom stereocenters. The molecule has 1 aromatic carbocycles. The maximum Gasteiger partial charge on any atom is 0.326 e. The van der Waals surface area contributed by atoms with E-state index >= 15 is 0 Å². The lowest BCUT2D eigenvalue weighted by atomic mass is 9.74. The average molecular weight is 434 g/mol.